The highest BCUT2D eigenvalue weighted by atomic mass is 16.3. The first-order valence-electron chi connectivity index (χ1n) is 8.62. The van der Waals surface area contributed by atoms with Gasteiger partial charge in [0, 0.05) is 24.3 Å². The Morgan fingerprint density at radius 3 is 2.69 bits per heavy atom. The zero-order chi connectivity index (χ0) is 17.5. The molecule has 0 radical (unpaired) electrons. The second kappa shape index (κ2) is 5.96. The molecule has 0 fully saturated rings. The van der Waals surface area contributed by atoms with Crippen molar-refractivity contribution in [3.05, 3.63) is 65.5 Å². The molecule has 3 aromatic heterocycles. The number of anilines is 1. The summed E-state index contributed by atoms with van der Waals surface area (Å²) in [5, 5.41) is 8.04. The number of hydrogen-bond donors (Lipinski definition) is 2. The SMILES string of the molecule is Nc1ncc(CNC2Cc3ccccc3C2)c2nc(-c3ccco3)nn12. The molecule has 7 heteroatoms. The van der Waals surface area contributed by atoms with Crippen molar-refractivity contribution in [1.29, 1.82) is 0 Å². The van der Waals surface area contributed by atoms with E-state index in [9.17, 15) is 0 Å². The largest absolute Gasteiger partial charge is 0.461 e. The van der Waals surface area contributed by atoms with E-state index < -0.39 is 0 Å². The third-order valence-corrected chi connectivity index (χ3v) is 4.84. The van der Waals surface area contributed by atoms with E-state index >= 15 is 0 Å². The molecule has 1 aliphatic rings. The summed E-state index contributed by atoms with van der Waals surface area (Å²) in [6.45, 7) is 0.658. The van der Waals surface area contributed by atoms with E-state index in [0.717, 1.165) is 18.4 Å². The summed E-state index contributed by atoms with van der Waals surface area (Å²) in [6.07, 6.45) is 5.45. The van der Waals surface area contributed by atoms with Gasteiger partial charge in [-0.3, -0.25) is 0 Å². The third kappa shape index (κ3) is 2.53. The fourth-order valence-electron chi connectivity index (χ4n) is 3.53. The summed E-state index contributed by atoms with van der Waals surface area (Å²) < 4.78 is 6.96. The van der Waals surface area contributed by atoms with Crippen molar-refractivity contribution in [2.45, 2.75) is 25.4 Å². The Morgan fingerprint density at radius 1 is 1.15 bits per heavy atom. The van der Waals surface area contributed by atoms with Crippen molar-refractivity contribution in [3.63, 3.8) is 0 Å². The molecule has 130 valence electrons. The topological polar surface area (TPSA) is 94.3 Å². The van der Waals surface area contributed by atoms with E-state index in [0.29, 0.717) is 35.8 Å². The molecule has 0 unspecified atom stereocenters. The van der Waals surface area contributed by atoms with E-state index in [-0.39, 0.29) is 0 Å². The minimum Gasteiger partial charge on any atom is -0.461 e. The van der Waals surface area contributed by atoms with Gasteiger partial charge in [0.25, 0.3) is 0 Å². The van der Waals surface area contributed by atoms with Gasteiger partial charge in [-0.2, -0.15) is 4.52 Å². The maximum Gasteiger partial charge on any atom is 0.223 e. The quantitative estimate of drug-likeness (QED) is 0.588. The number of fused-ring (bicyclic) bond motifs is 2. The monoisotopic (exact) mass is 346 g/mol. The minimum absolute atomic E-state index is 0.308. The maximum atomic E-state index is 5.97. The van der Waals surface area contributed by atoms with Crippen LogP contribution in [0.4, 0.5) is 5.95 Å². The highest BCUT2D eigenvalue weighted by Gasteiger charge is 2.21. The summed E-state index contributed by atoms with van der Waals surface area (Å²) in [4.78, 5) is 8.85. The number of furan rings is 1. The highest BCUT2D eigenvalue weighted by molar-refractivity contribution is 5.57. The lowest BCUT2D eigenvalue weighted by molar-refractivity contribution is 0.532. The number of nitrogens with one attached hydrogen (secondary N) is 1. The lowest BCUT2D eigenvalue weighted by Gasteiger charge is -2.12. The Morgan fingerprint density at radius 2 is 1.96 bits per heavy atom. The van der Waals surface area contributed by atoms with Crippen LogP contribution in [-0.2, 0) is 19.4 Å². The number of hydrogen-bond acceptors (Lipinski definition) is 6. The van der Waals surface area contributed by atoms with Crippen molar-refractivity contribution in [2.75, 3.05) is 5.73 Å². The predicted molar refractivity (Wildman–Crippen MR) is 97.4 cm³/mol. The van der Waals surface area contributed by atoms with Crippen molar-refractivity contribution in [3.8, 4) is 11.6 Å². The Labute approximate surface area is 149 Å². The second-order valence-electron chi connectivity index (χ2n) is 6.54. The Balaban J connectivity index is 1.40. The standard InChI is InChI=1S/C19H18N6O/c20-19-22-11-14(10-21-15-8-12-4-1-2-5-13(12)9-15)18-23-17(24-25(18)19)16-6-3-7-26-16/h1-7,11,15,21H,8-10H2,(H2,20,22). The lowest BCUT2D eigenvalue weighted by Crippen LogP contribution is -2.29. The highest BCUT2D eigenvalue weighted by Crippen LogP contribution is 2.23. The van der Waals surface area contributed by atoms with Gasteiger partial charge in [0.05, 0.1) is 6.26 Å². The van der Waals surface area contributed by atoms with Crippen LogP contribution in [0.3, 0.4) is 0 Å². The number of nitrogens with two attached hydrogens (primary N) is 1. The maximum absolute atomic E-state index is 5.97. The van der Waals surface area contributed by atoms with Crippen LogP contribution in [0, 0.1) is 0 Å². The van der Waals surface area contributed by atoms with Crippen LogP contribution < -0.4 is 11.1 Å². The fourth-order valence-corrected chi connectivity index (χ4v) is 3.53. The van der Waals surface area contributed by atoms with Crippen LogP contribution in [0.25, 0.3) is 17.2 Å². The Bertz CT molecular complexity index is 1040. The molecule has 0 saturated heterocycles. The number of benzene rings is 1. The van der Waals surface area contributed by atoms with Gasteiger partial charge >= 0.3 is 0 Å². The summed E-state index contributed by atoms with van der Waals surface area (Å²) in [6, 6.07) is 12.6. The summed E-state index contributed by atoms with van der Waals surface area (Å²) >= 11 is 0. The molecule has 0 bridgehead atoms. The molecule has 1 aromatic carbocycles. The van der Waals surface area contributed by atoms with E-state index in [2.05, 4.69) is 44.6 Å². The first-order valence-corrected chi connectivity index (χ1v) is 8.62. The van der Waals surface area contributed by atoms with Crippen LogP contribution >= 0.6 is 0 Å². The average Bonchev–Trinajstić information content (AvgIpc) is 3.38. The van der Waals surface area contributed by atoms with Gasteiger partial charge in [-0.1, -0.05) is 24.3 Å². The van der Waals surface area contributed by atoms with Gasteiger partial charge in [-0.05, 0) is 36.1 Å². The molecule has 5 rings (SSSR count). The lowest BCUT2D eigenvalue weighted by atomic mass is 10.1. The van der Waals surface area contributed by atoms with Crippen LogP contribution in [0.15, 0.2) is 53.3 Å². The van der Waals surface area contributed by atoms with E-state index in [1.807, 2.05) is 12.1 Å². The fraction of sp³-hybridized carbons (Fsp3) is 0.211. The van der Waals surface area contributed by atoms with E-state index in [4.69, 9.17) is 10.2 Å². The first kappa shape index (κ1) is 15.1. The van der Waals surface area contributed by atoms with Crippen molar-refractivity contribution >= 4 is 11.6 Å². The number of rotatable bonds is 4. The molecular formula is C19H18N6O. The Hall–Kier alpha value is -3.19. The van der Waals surface area contributed by atoms with Crippen LogP contribution in [0.1, 0.15) is 16.7 Å². The molecule has 0 amide bonds. The zero-order valence-electron chi connectivity index (χ0n) is 14.1. The molecule has 26 heavy (non-hydrogen) atoms. The molecule has 3 heterocycles. The first-order chi connectivity index (χ1) is 12.8. The summed E-state index contributed by atoms with van der Waals surface area (Å²) in [5.74, 6) is 1.42. The third-order valence-electron chi connectivity index (χ3n) is 4.84. The van der Waals surface area contributed by atoms with Gasteiger partial charge < -0.3 is 15.5 Å². The zero-order valence-corrected chi connectivity index (χ0v) is 14.1. The van der Waals surface area contributed by atoms with Gasteiger partial charge in [-0.15, -0.1) is 5.10 Å². The van der Waals surface area contributed by atoms with Crippen LogP contribution in [0.2, 0.25) is 0 Å². The van der Waals surface area contributed by atoms with Crippen molar-refractivity contribution in [1.82, 2.24) is 24.9 Å². The molecule has 3 N–H and O–H groups in total. The average molecular weight is 346 g/mol. The molecule has 7 nitrogen and oxygen atoms in total. The molecule has 0 atom stereocenters. The smallest absolute Gasteiger partial charge is 0.223 e. The van der Waals surface area contributed by atoms with Crippen LogP contribution in [0.5, 0.6) is 0 Å². The molecule has 0 spiro atoms. The molecule has 0 aliphatic heterocycles. The van der Waals surface area contributed by atoms with Gasteiger partial charge in [0.2, 0.25) is 11.8 Å². The Kier molecular flexibility index (Phi) is 3.46. The number of nitrogen functional groups attached to an aromatic ring is 1. The molecule has 4 aromatic rings. The molecule has 1 aliphatic carbocycles. The predicted octanol–water partition coefficient (Wildman–Crippen LogP) is 2.22. The summed E-state index contributed by atoms with van der Waals surface area (Å²) in [7, 11) is 0. The number of nitrogens with zero attached hydrogens (tertiary/aromatic N) is 4. The van der Waals surface area contributed by atoms with Gasteiger partial charge in [-0.25, -0.2) is 9.97 Å². The van der Waals surface area contributed by atoms with Crippen molar-refractivity contribution in [2.24, 2.45) is 0 Å². The van der Waals surface area contributed by atoms with Crippen molar-refractivity contribution < 1.29 is 4.42 Å². The van der Waals surface area contributed by atoms with E-state index in [1.54, 1.807) is 17.0 Å². The van der Waals surface area contributed by atoms with Crippen LogP contribution in [-0.4, -0.2) is 25.6 Å². The van der Waals surface area contributed by atoms with Gasteiger partial charge in [0.15, 0.2) is 11.4 Å². The van der Waals surface area contributed by atoms with Gasteiger partial charge in [0.1, 0.15) is 0 Å². The van der Waals surface area contributed by atoms with E-state index in [1.165, 1.54) is 11.1 Å². The molecule has 0 saturated carbocycles. The summed E-state index contributed by atoms with van der Waals surface area (Å²) in [5.41, 5.74) is 10.5. The normalized spacial score (nSPS) is 14.2. The minimum atomic E-state index is 0.308. The second-order valence-corrected chi connectivity index (χ2v) is 6.54. The molecular weight excluding hydrogens is 328 g/mol. The number of aromatic nitrogens is 4.